The number of fused-ring (bicyclic) bond motifs is 2. The van der Waals surface area contributed by atoms with Crippen LogP contribution in [0.2, 0.25) is 5.02 Å². The van der Waals surface area contributed by atoms with E-state index >= 15 is 0 Å². The lowest BCUT2D eigenvalue weighted by Crippen LogP contribution is -2.45. The van der Waals surface area contributed by atoms with E-state index in [9.17, 15) is 4.79 Å². The summed E-state index contributed by atoms with van der Waals surface area (Å²) < 4.78 is 9.94. The molecule has 8 heteroatoms. The van der Waals surface area contributed by atoms with Crippen LogP contribution in [0.5, 0.6) is 0 Å². The van der Waals surface area contributed by atoms with Crippen molar-refractivity contribution in [3.05, 3.63) is 59.3 Å². The van der Waals surface area contributed by atoms with E-state index in [0.29, 0.717) is 42.9 Å². The summed E-state index contributed by atoms with van der Waals surface area (Å²) in [5, 5.41) is 1.43. The Morgan fingerprint density at radius 2 is 2.12 bits per heavy atom. The molecule has 5 rings (SSSR count). The van der Waals surface area contributed by atoms with Crippen molar-refractivity contribution < 1.29 is 9.53 Å². The number of imidazole rings is 1. The van der Waals surface area contributed by atoms with E-state index in [1.807, 2.05) is 61.6 Å². The van der Waals surface area contributed by atoms with E-state index in [1.54, 1.807) is 0 Å². The summed E-state index contributed by atoms with van der Waals surface area (Å²) in [6.07, 6.45) is 7.31. The third kappa shape index (κ3) is 3.97. The number of ether oxygens (including phenoxy) is 1. The van der Waals surface area contributed by atoms with E-state index in [4.69, 9.17) is 16.3 Å². The zero-order valence-corrected chi connectivity index (χ0v) is 20.6. The molecule has 1 aromatic carbocycles. The predicted molar refractivity (Wildman–Crippen MR) is 134 cm³/mol. The molecule has 1 aliphatic heterocycles. The quantitative estimate of drug-likeness (QED) is 0.354. The first-order valence-corrected chi connectivity index (χ1v) is 12.3. The molecule has 0 aliphatic carbocycles. The average Bonchev–Trinajstić information content (AvgIpc) is 3.37. The van der Waals surface area contributed by atoms with Gasteiger partial charge < -0.3 is 18.8 Å². The second-order valence-electron chi connectivity index (χ2n) is 8.99. The van der Waals surface area contributed by atoms with Crippen LogP contribution in [0.15, 0.2) is 42.9 Å². The molecule has 2 atom stereocenters. The van der Waals surface area contributed by atoms with Gasteiger partial charge in [-0.05, 0) is 51.8 Å². The highest BCUT2D eigenvalue weighted by atomic mass is 35.5. The van der Waals surface area contributed by atoms with Crippen LogP contribution in [0.25, 0.3) is 21.9 Å². The molecule has 1 fully saturated rings. The van der Waals surface area contributed by atoms with Crippen molar-refractivity contribution in [3.8, 4) is 0 Å². The van der Waals surface area contributed by atoms with Crippen molar-refractivity contribution in [2.45, 2.75) is 52.2 Å². The Morgan fingerprint density at radius 3 is 2.91 bits per heavy atom. The lowest BCUT2D eigenvalue weighted by molar-refractivity contribution is 0.0587. The zero-order chi connectivity index (χ0) is 23.8. The van der Waals surface area contributed by atoms with Gasteiger partial charge in [0.15, 0.2) is 0 Å². The first-order valence-electron chi connectivity index (χ1n) is 11.9. The van der Waals surface area contributed by atoms with Crippen LogP contribution in [-0.4, -0.2) is 55.7 Å². The Bertz CT molecular complexity index is 1340. The van der Waals surface area contributed by atoms with Gasteiger partial charge in [0.2, 0.25) is 0 Å². The standard InChI is InChI=1S/C26H30ClN5O2/c1-4-34-13-12-30-16-20(25-21(27)6-5-7-24(25)30)26(33)31-11-9-19(14-17(31)2)32-18(3)29-22-15-28-10-8-23(22)32/h5-8,10,15-17,19H,4,9,11-14H2,1-3H3. The molecule has 2 unspecified atom stereocenters. The van der Waals surface area contributed by atoms with Crippen molar-refractivity contribution in [1.82, 2.24) is 24.0 Å². The van der Waals surface area contributed by atoms with Crippen LogP contribution in [0, 0.1) is 6.92 Å². The minimum absolute atomic E-state index is 0.0376. The van der Waals surface area contributed by atoms with Gasteiger partial charge in [-0.1, -0.05) is 17.7 Å². The molecule has 0 spiro atoms. The monoisotopic (exact) mass is 479 g/mol. The van der Waals surface area contributed by atoms with E-state index in [2.05, 4.69) is 26.0 Å². The molecule has 34 heavy (non-hydrogen) atoms. The fraction of sp³-hybridized carbons (Fsp3) is 0.423. The number of amides is 1. The zero-order valence-electron chi connectivity index (χ0n) is 19.9. The summed E-state index contributed by atoms with van der Waals surface area (Å²) in [5.74, 6) is 1.03. The lowest BCUT2D eigenvalue weighted by Gasteiger charge is -2.38. The van der Waals surface area contributed by atoms with Gasteiger partial charge in [-0.15, -0.1) is 0 Å². The predicted octanol–water partition coefficient (Wildman–Crippen LogP) is 5.25. The van der Waals surface area contributed by atoms with E-state index in [1.165, 1.54) is 0 Å². The molecule has 1 aliphatic rings. The molecule has 0 N–H and O–H groups in total. The number of hydrogen-bond acceptors (Lipinski definition) is 4. The molecule has 0 saturated carbocycles. The van der Waals surface area contributed by atoms with E-state index in [-0.39, 0.29) is 11.9 Å². The molecule has 0 bridgehead atoms. The number of halogens is 1. The smallest absolute Gasteiger partial charge is 0.256 e. The largest absolute Gasteiger partial charge is 0.380 e. The van der Waals surface area contributed by atoms with Crippen LogP contribution in [0.1, 0.15) is 48.9 Å². The van der Waals surface area contributed by atoms with Gasteiger partial charge in [-0.25, -0.2) is 4.98 Å². The Balaban J connectivity index is 1.41. The average molecular weight is 480 g/mol. The van der Waals surface area contributed by atoms with Crippen LogP contribution in [0.3, 0.4) is 0 Å². The van der Waals surface area contributed by atoms with Gasteiger partial charge >= 0.3 is 0 Å². The number of carbonyl (C=O) groups excluding carboxylic acids is 1. The molecule has 1 saturated heterocycles. The maximum absolute atomic E-state index is 13.8. The highest BCUT2D eigenvalue weighted by Gasteiger charge is 2.33. The number of hydrogen-bond donors (Lipinski definition) is 0. The number of pyridine rings is 1. The summed E-state index contributed by atoms with van der Waals surface area (Å²) in [4.78, 5) is 24.7. The van der Waals surface area contributed by atoms with Gasteiger partial charge in [-0.3, -0.25) is 9.78 Å². The molecule has 4 aromatic rings. The Morgan fingerprint density at radius 1 is 1.26 bits per heavy atom. The van der Waals surface area contributed by atoms with E-state index < -0.39 is 0 Å². The fourth-order valence-corrected chi connectivity index (χ4v) is 5.60. The summed E-state index contributed by atoms with van der Waals surface area (Å²) >= 11 is 6.59. The number of carbonyl (C=O) groups is 1. The van der Waals surface area contributed by atoms with Gasteiger partial charge in [0.25, 0.3) is 5.91 Å². The van der Waals surface area contributed by atoms with Crippen LogP contribution in [0.4, 0.5) is 0 Å². The number of likely N-dealkylation sites (tertiary alicyclic amines) is 1. The van der Waals surface area contributed by atoms with Crippen LogP contribution in [-0.2, 0) is 11.3 Å². The highest BCUT2D eigenvalue weighted by molar-refractivity contribution is 6.36. The Labute approximate surface area is 204 Å². The third-order valence-corrected chi connectivity index (χ3v) is 7.22. The number of aryl methyl sites for hydroxylation is 1. The maximum atomic E-state index is 13.8. The topological polar surface area (TPSA) is 65.2 Å². The molecule has 0 radical (unpaired) electrons. The van der Waals surface area contributed by atoms with Crippen molar-refractivity contribution in [2.24, 2.45) is 0 Å². The van der Waals surface area contributed by atoms with Crippen molar-refractivity contribution >= 4 is 39.4 Å². The SMILES string of the molecule is CCOCCn1cc(C(=O)N2CCC(n3c(C)nc4cnccc43)CC2C)c2c(Cl)cccc21. The van der Waals surface area contributed by atoms with Crippen molar-refractivity contribution in [1.29, 1.82) is 0 Å². The molecular weight excluding hydrogens is 450 g/mol. The third-order valence-electron chi connectivity index (χ3n) is 6.91. The van der Waals surface area contributed by atoms with Crippen LogP contribution < -0.4 is 0 Å². The molecule has 7 nitrogen and oxygen atoms in total. The molecule has 4 heterocycles. The summed E-state index contributed by atoms with van der Waals surface area (Å²) in [5.41, 5.74) is 3.65. The molecule has 3 aromatic heterocycles. The molecule has 178 valence electrons. The second-order valence-corrected chi connectivity index (χ2v) is 9.39. The first-order chi connectivity index (χ1) is 16.5. The van der Waals surface area contributed by atoms with Gasteiger partial charge in [0, 0.05) is 49.6 Å². The number of nitrogens with zero attached hydrogens (tertiary/aromatic N) is 5. The Kier molecular flexibility index (Phi) is 6.32. The molecule has 1 amide bonds. The molecular formula is C26H30ClN5O2. The summed E-state index contributed by atoms with van der Waals surface area (Å²) in [6.45, 7) is 8.78. The van der Waals surface area contributed by atoms with Crippen molar-refractivity contribution in [3.63, 3.8) is 0 Å². The minimum atomic E-state index is 0.0376. The maximum Gasteiger partial charge on any atom is 0.256 e. The van der Waals surface area contributed by atoms with Crippen LogP contribution >= 0.6 is 11.6 Å². The number of rotatable bonds is 6. The van der Waals surface area contributed by atoms with Crippen molar-refractivity contribution in [2.75, 3.05) is 19.8 Å². The van der Waals surface area contributed by atoms with E-state index in [0.717, 1.165) is 40.6 Å². The van der Waals surface area contributed by atoms with Gasteiger partial charge in [-0.2, -0.15) is 0 Å². The minimum Gasteiger partial charge on any atom is -0.380 e. The number of piperidine rings is 1. The lowest BCUT2D eigenvalue weighted by atomic mass is 9.96. The van der Waals surface area contributed by atoms with Gasteiger partial charge in [0.05, 0.1) is 34.4 Å². The summed E-state index contributed by atoms with van der Waals surface area (Å²) in [6, 6.07) is 8.21. The fourth-order valence-electron chi connectivity index (χ4n) is 5.33. The summed E-state index contributed by atoms with van der Waals surface area (Å²) in [7, 11) is 0. The Hall–Kier alpha value is -2.90. The number of aromatic nitrogens is 4. The normalized spacial score (nSPS) is 18.8. The first kappa shape index (κ1) is 22.9. The van der Waals surface area contributed by atoms with Gasteiger partial charge in [0.1, 0.15) is 11.3 Å². The number of benzene rings is 1. The highest BCUT2D eigenvalue weighted by Crippen LogP contribution is 2.34. The second kappa shape index (κ2) is 9.39.